The van der Waals surface area contributed by atoms with Crippen LogP contribution >= 0.6 is 11.6 Å². The molecule has 0 radical (unpaired) electrons. The molecule has 0 saturated heterocycles. The highest BCUT2D eigenvalue weighted by Gasteiger charge is 2.24. The van der Waals surface area contributed by atoms with E-state index < -0.39 is 5.97 Å². The maximum Gasteiger partial charge on any atom is 0.341 e. The minimum atomic E-state index is -1.09. The van der Waals surface area contributed by atoms with E-state index in [4.69, 9.17) is 25.6 Å². The lowest BCUT2D eigenvalue weighted by molar-refractivity contribution is 0.0695. The Morgan fingerprint density at radius 3 is 2.82 bits per heavy atom. The molecule has 0 atom stereocenters. The van der Waals surface area contributed by atoms with Crippen molar-refractivity contribution in [3.63, 3.8) is 0 Å². The predicted molar refractivity (Wildman–Crippen MR) is 60.2 cm³/mol. The van der Waals surface area contributed by atoms with Gasteiger partial charge in [-0.3, -0.25) is 0 Å². The Morgan fingerprint density at radius 2 is 2.29 bits per heavy atom. The van der Waals surface area contributed by atoms with Crippen LogP contribution < -0.4 is 0 Å². The van der Waals surface area contributed by atoms with Crippen LogP contribution in [0.3, 0.4) is 0 Å². The van der Waals surface area contributed by atoms with E-state index in [1.165, 1.54) is 6.07 Å². The molecule has 0 unspecified atom stereocenters. The third-order valence-corrected chi connectivity index (χ3v) is 2.46. The average Bonchev–Trinajstić information content (AvgIpc) is 2.84. The largest absolute Gasteiger partial charge is 0.477 e. The fourth-order valence-electron chi connectivity index (χ4n) is 1.55. The van der Waals surface area contributed by atoms with Gasteiger partial charge in [0.15, 0.2) is 22.4 Å². The summed E-state index contributed by atoms with van der Waals surface area (Å²) in [7, 11) is 0. The summed E-state index contributed by atoms with van der Waals surface area (Å²) in [6, 6.07) is 3.08. The lowest BCUT2D eigenvalue weighted by atomic mass is 10.1. The van der Waals surface area contributed by atoms with E-state index in [0.717, 1.165) is 6.42 Å². The molecule has 17 heavy (non-hydrogen) atoms. The molecule has 2 rings (SSSR count). The molecule has 90 valence electrons. The van der Waals surface area contributed by atoms with Crippen molar-refractivity contribution in [1.82, 2.24) is 5.16 Å². The summed E-state index contributed by atoms with van der Waals surface area (Å²) in [5, 5.41) is 13.1. The van der Waals surface area contributed by atoms with Crippen molar-refractivity contribution in [3.8, 4) is 11.5 Å². The minimum absolute atomic E-state index is 0.0397. The van der Waals surface area contributed by atoms with Crippen molar-refractivity contribution in [2.75, 3.05) is 0 Å². The summed E-state index contributed by atoms with van der Waals surface area (Å²) >= 11 is 5.64. The van der Waals surface area contributed by atoms with Gasteiger partial charge in [-0.2, -0.15) is 0 Å². The Kier molecular flexibility index (Phi) is 3.19. The lowest BCUT2D eigenvalue weighted by Gasteiger charge is -1.95. The number of rotatable bonds is 4. The highest BCUT2D eigenvalue weighted by atomic mass is 35.5. The van der Waals surface area contributed by atoms with Crippen LogP contribution in [0, 0.1) is 0 Å². The van der Waals surface area contributed by atoms with Crippen LogP contribution in [-0.2, 0) is 6.42 Å². The van der Waals surface area contributed by atoms with Crippen molar-refractivity contribution in [1.29, 1.82) is 0 Å². The molecule has 6 heteroatoms. The van der Waals surface area contributed by atoms with Gasteiger partial charge in [0.25, 0.3) is 0 Å². The number of carboxylic acids is 1. The first kappa shape index (κ1) is 11.7. The molecular weight excluding hydrogens is 246 g/mol. The molecule has 0 amide bonds. The summed E-state index contributed by atoms with van der Waals surface area (Å²) in [6.07, 6.45) is 1.29. The summed E-state index contributed by atoms with van der Waals surface area (Å²) in [5.41, 5.74) is 0.214. The van der Waals surface area contributed by atoms with E-state index in [1.807, 2.05) is 6.92 Å². The van der Waals surface area contributed by atoms with Crippen molar-refractivity contribution in [3.05, 3.63) is 28.7 Å². The zero-order valence-electron chi connectivity index (χ0n) is 9.07. The first-order valence-corrected chi connectivity index (χ1v) is 5.48. The molecule has 5 nitrogen and oxygen atoms in total. The van der Waals surface area contributed by atoms with Gasteiger partial charge < -0.3 is 14.0 Å². The third kappa shape index (κ3) is 2.19. The first-order valence-electron chi connectivity index (χ1n) is 5.11. The molecule has 0 fully saturated rings. The molecule has 0 aliphatic heterocycles. The monoisotopic (exact) mass is 255 g/mol. The summed E-state index contributed by atoms with van der Waals surface area (Å²) in [4.78, 5) is 11.2. The highest BCUT2D eigenvalue weighted by Crippen LogP contribution is 2.29. The third-order valence-electron chi connectivity index (χ3n) is 2.26. The number of nitrogens with zero attached hydrogens (tertiary/aromatic N) is 1. The number of halogens is 1. The number of hydrogen-bond donors (Lipinski definition) is 1. The Bertz CT molecular complexity index is 543. The molecule has 2 aromatic rings. The number of carboxylic acid groups (broad SMARTS) is 1. The lowest BCUT2D eigenvalue weighted by Crippen LogP contribution is -2.01. The molecule has 0 aliphatic rings. The minimum Gasteiger partial charge on any atom is -0.477 e. The van der Waals surface area contributed by atoms with Gasteiger partial charge in [0.2, 0.25) is 0 Å². The number of hydrogen-bond acceptors (Lipinski definition) is 4. The molecule has 0 aromatic carbocycles. The van der Waals surface area contributed by atoms with Gasteiger partial charge in [-0.15, -0.1) is 0 Å². The summed E-state index contributed by atoms with van der Waals surface area (Å²) in [5.74, 6) is -0.446. The van der Waals surface area contributed by atoms with Gasteiger partial charge in [0, 0.05) is 6.42 Å². The standard InChI is InChI=1S/C11H10ClNO4/c1-2-3-6-9(11(14)15)10(13-17-6)7-4-5-8(12)16-7/h4-5H,2-3H2,1H3,(H,14,15). The molecule has 1 N–H and O–H groups in total. The molecule has 0 bridgehead atoms. The molecular formula is C11H10ClNO4. The quantitative estimate of drug-likeness (QED) is 0.907. The number of aryl methyl sites for hydroxylation is 1. The van der Waals surface area contributed by atoms with E-state index >= 15 is 0 Å². The van der Waals surface area contributed by atoms with Gasteiger partial charge in [0.05, 0.1) is 0 Å². The topological polar surface area (TPSA) is 76.5 Å². The SMILES string of the molecule is CCCc1onc(-c2ccc(Cl)o2)c1C(=O)O. The number of aromatic carboxylic acids is 1. The van der Waals surface area contributed by atoms with Gasteiger partial charge in [-0.25, -0.2) is 4.79 Å². The van der Waals surface area contributed by atoms with E-state index in [0.29, 0.717) is 17.9 Å². The fourth-order valence-corrected chi connectivity index (χ4v) is 1.70. The van der Waals surface area contributed by atoms with Crippen LogP contribution in [0.2, 0.25) is 5.22 Å². The number of aromatic nitrogens is 1. The zero-order valence-corrected chi connectivity index (χ0v) is 9.82. The summed E-state index contributed by atoms with van der Waals surface area (Å²) in [6.45, 7) is 1.93. The van der Waals surface area contributed by atoms with Gasteiger partial charge in [0.1, 0.15) is 5.56 Å². The van der Waals surface area contributed by atoms with Crippen molar-refractivity contribution in [2.24, 2.45) is 0 Å². The van der Waals surface area contributed by atoms with Crippen LogP contribution in [0.1, 0.15) is 29.5 Å². The number of furan rings is 1. The fraction of sp³-hybridized carbons (Fsp3) is 0.273. The molecule has 2 aromatic heterocycles. The maximum absolute atomic E-state index is 11.2. The van der Waals surface area contributed by atoms with Crippen molar-refractivity contribution in [2.45, 2.75) is 19.8 Å². The van der Waals surface area contributed by atoms with Crippen LogP contribution in [-0.4, -0.2) is 16.2 Å². The van der Waals surface area contributed by atoms with E-state index in [9.17, 15) is 4.79 Å². The Hall–Kier alpha value is -1.75. The summed E-state index contributed by atoms with van der Waals surface area (Å²) < 4.78 is 10.2. The molecule has 0 spiro atoms. The van der Waals surface area contributed by atoms with Crippen LogP contribution in [0.5, 0.6) is 0 Å². The zero-order chi connectivity index (χ0) is 12.4. The average molecular weight is 256 g/mol. The Balaban J connectivity index is 2.50. The molecule has 0 saturated carbocycles. The second-order valence-corrected chi connectivity index (χ2v) is 3.86. The van der Waals surface area contributed by atoms with Gasteiger partial charge in [-0.05, 0) is 30.2 Å². The van der Waals surface area contributed by atoms with Crippen LogP contribution in [0.4, 0.5) is 0 Å². The van der Waals surface area contributed by atoms with E-state index in [2.05, 4.69) is 5.16 Å². The van der Waals surface area contributed by atoms with E-state index in [1.54, 1.807) is 6.07 Å². The van der Waals surface area contributed by atoms with Gasteiger partial charge >= 0.3 is 5.97 Å². The highest BCUT2D eigenvalue weighted by molar-refractivity contribution is 6.29. The Morgan fingerprint density at radius 1 is 1.53 bits per heavy atom. The second-order valence-electron chi connectivity index (χ2n) is 3.49. The Labute approximate surface area is 102 Å². The maximum atomic E-state index is 11.2. The first-order chi connectivity index (χ1) is 8.13. The second kappa shape index (κ2) is 4.63. The van der Waals surface area contributed by atoms with Crippen LogP contribution in [0.25, 0.3) is 11.5 Å². The smallest absolute Gasteiger partial charge is 0.341 e. The van der Waals surface area contributed by atoms with Crippen molar-refractivity contribution >= 4 is 17.6 Å². The molecule has 0 aliphatic carbocycles. The number of carbonyl (C=O) groups is 1. The predicted octanol–water partition coefficient (Wildman–Crippen LogP) is 3.24. The van der Waals surface area contributed by atoms with E-state index in [-0.39, 0.29) is 16.5 Å². The van der Waals surface area contributed by atoms with Crippen molar-refractivity contribution < 1.29 is 18.8 Å². The molecule has 2 heterocycles. The van der Waals surface area contributed by atoms with Crippen LogP contribution in [0.15, 0.2) is 21.1 Å². The normalized spacial score (nSPS) is 10.7. The van der Waals surface area contributed by atoms with Gasteiger partial charge in [-0.1, -0.05) is 12.1 Å².